The van der Waals surface area contributed by atoms with E-state index >= 15 is 0 Å². The lowest BCUT2D eigenvalue weighted by Crippen LogP contribution is -2.43. The van der Waals surface area contributed by atoms with E-state index in [-0.39, 0.29) is 24.4 Å². The topological polar surface area (TPSA) is 155 Å². The van der Waals surface area contributed by atoms with Crippen LogP contribution in [-0.2, 0) is 16.1 Å². The molecule has 1 aromatic rings. The second kappa shape index (κ2) is 15.1. The third-order valence-corrected chi connectivity index (χ3v) is 7.42. The van der Waals surface area contributed by atoms with Gasteiger partial charge in [0, 0.05) is 12.5 Å². The summed E-state index contributed by atoms with van der Waals surface area (Å²) in [4.78, 5) is 43.3. The van der Waals surface area contributed by atoms with Gasteiger partial charge >= 0.3 is 5.97 Å². The van der Waals surface area contributed by atoms with Crippen LogP contribution in [0.5, 0.6) is 0 Å². The fourth-order valence-electron chi connectivity index (χ4n) is 4.85. The molecule has 3 unspecified atom stereocenters. The normalized spacial score (nSPS) is 13.9. The minimum atomic E-state index is -1.65. The van der Waals surface area contributed by atoms with Crippen LogP contribution < -0.4 is 11.1 Å². The number of pyridine rings is 1. The lowest BCUT2D eigenvalue weighted by atomic mass is 10.1. The number of aromatic amines is 1. The number of nitrogens with one attached hydrogen (secondary N) is 1. The van der Waals surface area contributed by atoms with E-state index in [4.69, 9.17) is 4.74 Å². The minimum Gasteiger partial charge on any atom is -0.463 e. The van der Waals surface area contributed by atoms with Crippen LogP contribution in [0.25, 0.3) is 22.4 Å². The number of aliphatic hydroxyl groups excluding tert-OH is 3. The van der Waals surface area contributed by atoms with Crippen LogP contribution in [0.2, 0.25) is 0 Å². The number of aromatic nitrogens is 3. The predicted octanol–water partition coefficient (Wildman–Crippen LogP) is 3.35. The van der Waals surface area contributed by atoms with Gasteiger partial charge in [0.1, 0.15) is 24.9 Å². The Kier molecular flexibility index (Phi) is 11.8. The molecule has 0 bridgehead atoms. The number of ether oxygens (including phenoxy) is 1. The van der Waals surface area contributed by atoms with Crippen LogP contribution in [0.4, 0.5) is 0 Å². The molecule has 0 aromatic heterocycles. The number of fused-ring (bicyclic) bond motifs is 2. The maximum atomic E-state index is 12.5. The zero-order valence-corrected chi connectivity index (χ0v) is 23.8. The summed E-state index contributed by atoms with van der Waals surface area (Å²) in [6.45, 7) is 5.30. The Balaban J connectivity index is 1.58. The van der Waals surface area contributed by atoms with Gasteiger partial charge in [0.15, 0.2) is 5.69 Å². The van der Waals surface area contributed by atoms with E-state index in [0.717, 1.165) is 30.4 Å². The van der Waals surface area contributed by atoms with Crippen molar-refractivity contribution >= 4 is 17.0 Å². The SMILES string of the molecule is CCCCCCCCCCCC(=O)OCC(O)C(O)C(O)Cn1c2cc(=O)[nH]c(=O)c-2nc2cc(C)c(C)cc21. The van der Waals surface area contributed by atoms with Gasteiger partial charge in [-0.25, -0.2) is 4.98 Å². The molecule has 0 saturated carbocycles. The lowest BCUT2D eigenvalue weighted by Gasteiger charge is -2.26. The summed E-state index contributed by atoms with van der Waals surface area (Å²) in [5.74, 6) is -0.461. The Morgan fingerprint density at radius 2 is 1.55 bits per heavy atom. The lowest BCUT2D eigenvalue weighted by molar-refractivity contribution is -0.152. The average Bonchev–Trinajstić information content (AvgIpc) is 2.91. The zero-order chi connectivity index (χ0) is 29.2. The number of carbonyl (C=O) groups excluding carboxylic acids is 1. The van der Waals surface area contributed by atoms with E-state index in [1.54, 1.807) is 6.07 Å². The van der Waals surface area contributed by atoms with Crippen LogP contribution in [-0.4, -0.2) is 60.7 Å². The minimum absolute atomic E-state index is 0.0167. The summed E-state index contributed by atoms with van der Waals surface area (Å²) < 4.78 is 6.67. The molecule has 0 aliphatic carbocycles. The summed E-state index contributed by atoms with van der Waals surface area (Å²) in [5.41, 5.74) is 1.84. The highest BCUT2D eigenvalue weighted by atomic mass is 16.5. The Morgan fingerprint density at radius 1 is 0.925 bits per heavy atom. The molecule has 3 atom stereocenters. The summed E-state index contributed by atoms with van der Waals surface area (Å²) in [6, 6.07) is 4.84. The number of aliphatic hydroxyl groups is 3. The fourth-order valence-corrected chi connectivity index (χ4v) is 4.85. The second-order valence-electron chi connectivity index (χ2n) is 10.7. The first-order valence-corrected chi connectivity index (χ1v) is 14.4. The molecule has 0 saturated heterocycles. The van der Waals surface area contributed by atoms with Crippen LogP contribution in [0.1, 0.15) is 82.3 Å². The molecule has 3 rings (SSSR count). The van der Waals surface area contributed by atoms with Crippen LogP contribution in [0.15, 0.2) is 27.8 Å². The maximum absolute atomic E-state index is 12.5. The molecule has 2 heterocycles. The molecule has 2 aliphatic rings. The molecule has 0 fully saturated rings. The van der Waals surface area contributed by atoms with Crippen molar-refractivity contribution in [1.82, 2.24) is 14.5 Å². The van der Waals surface area contributed by atoms with E-state index in [9.17, 15) is 29.7 Å². The zero-order valence-electron chi connectivity index (χ0n) is 23.8. The molecule has 10 heteroatoms. The number of aryl methyl sites for hydroxylation is 2. The van der Waals surface area contributed by atoms with Gasteiger partial charge in [-0.05, 0) is 43.5 Å². The predicted molar refractivity (Wildman–Crippen MR) is 154 cm³/mol. The number of hydrogen-bond acceptors (Lipinski definition) is 8. The van der Waals surface area contributed by atoms with Crippen molar-refractivity contribution in [3.8, 4) is 11.4 Å². The van der Waals surface area contributed by atoms with Crippen molar-refractivity contribution in [2.45, 2.75) is 110 Å². The smallest absolute Gasteiger partial charge is 0.305 e. The quantitative estimate of drug-likeness (QED) is 0.119. The molecule has 40 heavy (non-hydrogen) atoms. The van der Waals surface area contributed by atoms with E-state index in [1.165, 1.54) is 42.7 Å². The molecule has 0 radical (unpaired) electrons. The van der Waals surface area contributed by atoms with E-state index in [2.05, 4.69) is 16.9 Å². The maximum Gasteiger partial charge on any atom is 0.305 e. The van der Waals surface area contributed by atoms with E-state index < -0.39 is 42.0 Å². The van der Waals surface area contributed by atoms with Gasteiger partial charge < -0.3 is 24.6 Å². The first-order chi connectivity index (χ1) is 19.1. The Hall–Kier alpha value is -3.08. The van der Waals surface area contributed by atoms with Crippen LogP contribution >= 0.6 is 0 Å². The molecule has 220 valence electrons. The standard InChI is InChI=1S/C30H43N3O7/c1-4-5-6-7-8-9-10-11-12-13-27(37)40-18-25(35)29(38)24(34)17-33-22-15-20(3)19(2)14-21(22)31-28-23(33)16-26(36)32-30(28)39/h14-16,24-25,29,34-35,38H,4-13,17-18H2,1-3H3,(H,32,36,39). The van der Waals surface area contributed by atoms with Crippen LogP contribution in [0, 0.1) is 13.8 Å². The number of hydrogen-bond donors (Lipinski definition) is 4. The van der Waals surface area contributed by atoms with Gasteiger partial charge in [0.05, 0.1) is 23.3 Å². The van der Waals surface area contributed by atoms with Crippen molar-refractivity contribution < 1.29 is 24.9 Å². The van der Waals surface area contributed by atoms with Crippen LogP contribution in [0.3, 0.4) is 0 Å². The second-order valence-corrected chi connectivity index (χ2v) is 10.7. The monoisotopic (exact) mass is 557 g/mol. The third-order valence-electron chi connectivity index (χ3n) is 7.42. The van der Waals surface area contributed by atoms with Gasteiger partial charge in [0.2, 0.25) is 0 Å². The van der Waals surface area contributed by atoms with Gasteiger partial charge in [-0.1, -0.05) is 58.3 Å². The molecule has 2 aliphatic heterocycles. The fraction of sp³-hybridized carbons (Fsp3) is 0.600. The molecule has 1 aromatic carbocycles. The number of nitrogens with zero attached hydrogens (tertiary/aromatic N) is 2. The van der Waals surface area contributed by atoms with E-state index in [0.29, 0.717) is 17.5 Å². The highest BCUT2D eigenvalue weighted by Crippen LogP contribution is 2.25. The number of H-pyrrole nitrogens is 1. The van der Waals surface area contributed by atoms with Gasteiger partial charge in [-0.15, -0.1) is 0 Å². The summed E-state index contributed by atoms with van der Waals surface area (Å²) >= 11 is 0. The molecule has 0 spiro atoms. The molecule has 0 amide bonds. The van der Waals surface area contributed by atoms with Crippen molar-refractivity contribution in [3.05, 3.63) is 50.0 Å². The summed E-state index contributed by atoms with van der Waals surface area (Å²) in [5, 5.41) is 31.9. The Labute approximate surface area is 234 Å². The van der Waals surface area contributed by atoms with Gasteiger partial charge in [-0.3, -0.25) is 19.4 Å². The number of esters is 1. The van der Waals surface area contributed by atoms with Gasteiger partial charge in [0.25, 0.3) is 11.1 Å². The Morgan fingerprint density at radius 3 is 2.23 bits per heavy atom. The van der Waals surface area contributed by atoms with Crippen molar-refractivity contribution in [2.24, 2.45) is 0 Å². The van der Waals surface area contributed by atoms with Crippen molar-refractivity contribution in [2.75, 3.05) is 6.61 Å². The highest BCUT2D eigenvalue weighted by Gasteiger charge is 2.28. The third kappa shape index (κ3) is 8.46. The van der Waals surface area contributed by atoms with Crippen molar-refractivity contribution in [3.63, 3.8) is 0 Å². The number of benzene rings is 1. The number of carbonyl (C=O) groups is 1. The molecule has 4 N–H and O–H groups in total. The van der Waals surface area contributed by atoms with Gasteiger partial charge in [-0.2, -0.15) is 0 Å². The first-order valence-electron chi connectivity index (χ1n) is 14.4. The Bertz CT molecular complexity index is 1350. The average molecular weight is 558 g/mol. The van der Waals surface area contributed by atoms with Crippen molar-refractivity contribution in [1.29, 1.82) is 0 Å². The number of unbranched alkanes of at least 4 members (excludes halogenated alkanes) is 8. The molecular weight excluding hydrogens is 514 g/mol. The molecular formula is C30H43N3O7. The summed E-state index contributed by atoms with van der Waals surface area (Å²) in [7, 11) is 0. The largest absolute Gasteiger partial charge is 0.463 e. The molecule has 10 nitrogen and oxygen atoms in total. The summed E-state index contributed by atoms with van der Waals surface area (Å²) in [6.07, 6.45) is 5.69. The van der Waals surface area contributed by atoms with E-state index in [1.807, 2.05) is 19.9 Å². The first kappa shape index (κ1) is 31.4. The highest BCUT2D eigenvalue weighted by molar-refractivity contribution is 5.81. The number of rotatable bonds is 16.